The quantitative estimate of drug-likeness (QED) is 0.885. The molecule has 20 heavy (non-hydrogen) atoms. The minimum Gasteiger partial charge on any atom is -0.325 e. The van der Waals surface area contributed by atoms with Crippen LogP contribution in [0.3, 0.4) is 0 Å². The van der Waals surface area contributed by atoms with E-state index in [1.807, 2.05) is 36.2 Å². The Bertz CT molecular complexity index is 597. The molecule has 0 bridgehead atoms. The fraction of sp³-hybridized carbons (Fsp3) is 0.267. The van der Waals surface area contributed by atoms with E-state index in [4.69, 9.17) is 0 Å². The smallest absolute Gasteiger partial charge is 0.238 e. The lowest BCUT2D eigenvalue weighted by Crippen LogP contribution is -2.29. The fourth-order valence-corrected chi connectivity index (χ4v) is 3.26. The van der Waals surface area contributed by atoms with Gasteiger partial charge in [0, 0.05) is 21.6 Å². The number of halogens is 1. The summed E-state index contributed by atoms with van der Waals surface area (Å²) in [6.07, 6.45) is 0. The van der Waals surface area contributed by atoms with E-state index >= 15 is 0 Å². The van der Waals surface area contributed by atoms with Crippen molar-refractivity contribution in [1.29, 1.82) is 0 Å². The van der Waals surface area contributed by atoms with Gasteiger partial charge < -0.3 is 5.32 Å². The minimum absolute atomic E-state index is 0.000177. The van der Waals surface area contributed by atoms with E-state index in [1.165, 1.54) is 10.4 Å². The number of amides is 1. The van der Waals surface area contributed by atoms with Crippen LogP contribution < -0.4 is 5.32 Å². The molecule has 0 atom stereocenters. The summed E-state index contributed by atoms with van der Waals surface area (Å²) in [5.74, 6) is -0.000177. The molecule has 1 heterocycles. The molecule has 0 saturated heterocycles. The predicted octanol–water partition coefficient (Wildman–Crippen LogP) is 3.89. The van der Waals surface area contributed by atoms with Gasteiger partial charge >= 0.3 is 0 Å². The van der Waals surface area contributed by atoms with E-state index in [-0.39, 0.29) is 5.91 Å². The second-order valence-corrected chi connectivity index (χ2v) is 6.67. The Balaban J connectivity index is 1.86. The molecule has 0 aliphatic carbocycles. The monoisotopic (exact) mass is 352 g/mol. The molecule has 3 nitrogen and oxygen atoms in total. The summed E-state index contributed by atoms with van der Waals surface area (Å²) in [5, 5.41) is 4.98. The predicted molar refractivity (Wildman–Crippen MR) is 88.2 cm³/mol. The van der Waals surface area contributed by atoms with E-state index in [0.717, 1.165) is 16.7 Å². The first-order valence-corrected chi connectivity index (χ1v) is 7.99. The molecule has 0 aliphatic rings. The zero-order chi connectivity index (χ0) is 14.5. The third kappa shape index (κ3) is 4.44. The average Bonchev–Trinajstić information content (AvgIpc) is 2.74. The van der Waals surface area contributed by atoms with Crippen LogP contribution in [0.4, 0.5) is 5.69 Å². The van der Waals surface area contributed by atoms with Gasteiger partial charge in [-0.05, 0) is 49.2 Å². The molecule has 1 N–H and O–H groups in total. The highest BCUT2D eigenvalue weighted by Crippen LogP contribution is 2.18. The number of carbonyl (C=O) groups excluding carboxylic acids is 1. The SMILES string of the molecule is Cc1ccsc1CN(C)CC(=O)Nc1cccc(Br)c1. The molecule has 1 amide bonds. The molecule has 1 aromatic carbocycles. The first kappa shape index (κ1) is 15.2. The summed E-state index contributed by atoms with van der Waals surface area (Å²) in [4.78, 5) is 15.3. The Morgan fingerprint density at radius 3 is 2.85 bits per heavy atom. The van der Waals surface area contributed by atoms with Crippen LogP contribution in [0.5, 0.6) is 0 Å². The normalized spacial score (nSPS) is 10.8. The van der Waals surface area contributed by atoms with Crippen molar-refractivity contribution in [2.24, 2.45) is 0 Å². The number of hydrogen-bond acceptors (Lipinski definition) is 3. The maximum absolute atomic E-state index is 12.0. The number of anilines is 1. The van der Waals surface area contributed by atoms with Gasteiger partial charge in [-0.3, -0.25) is 9.69 Å². The van der Waals surface area contributed by atoms with Gasteiger partial charge in [-0.15, -0.1) is 11.3 Å². The molecular weight excluding hydrogens is 336 g/mol. The largest absolute Gasteiger partial charge is 0.325 e. The maximum Gasteiger partial charge on any atom is 0.238 e. The Labute approximate surface area is 131 Å². The molecule has 0 saturated carbocycles. The highest BCUT2D eigenvalue weighted by atomic mass is 79.9. The first-order valence-electron chi connectivity index (χ1n) is 6.31. The molecule has 5 heteroatoms. The summed E-state index contributed by atoms with van der Waals surface area (Å²) in [6, 6.07) is 9.71. The highest BCUT2D eigenvalue weighted by Gasteiger charge is 2.09. The van der Waals surface area contributed by atoms with Gasteiger partial charge in [-0.2, -0.15) is 0 Å². The van der Waals surface area contributed by atoms with E-state index in [9.17, 15) is 4.79 Å². The number of nitrogens with one attached hydrogen (secondary N) is 1. The van der Waals surface area contributed by atoms with Crippen molar-refractivity contribution >= 4 is 38.9 Å². The average molecular weight is 353 g/mol. The third-order valence-corrected chi connectivity index (χ3v) is 4.40. The Morgan fingerprint density at radius 1 is 1.40 bits per heavy atom. The van der Waals surface area contributed by atoms with Crippen LogP contribution in [0.2, 0.25) is 0 Å². The number of nitrogens with zero attached hydrogens (tertiary/aromatic N) is 1. The van der Waals surface area contributed by atoms with Crippen LogP contribution >= 0.6 is 27.3 Å². The summed E-state index contributed by atoms with van der Waals surface area (Å²) in [7, 11) is 1.96. The van der Waals surface area contributed by atoms with Crippen molar-refractivity contribution in [2.75, 3.05) is 18.9 Å². The Kier molecular flexibility index (Phi) is 5.34. The van der Waals surface area contributed by atoms with Gasteiger partial charge in [0.2, 0.25) is 5.91 Å². The van der Waals surface area contributed by atoms with Crippen molar-refractivity contribution in [2.45, 2.75) is 13.5 Å². The summed E-state index contributed by atoms with van der Waals surface area (Å²) < 4.78 is 0.956. The summed E-state index contributed by atoms with van der Waals surface area (Å²) >= 11 is 5.12. The molecule has 106 valence electrons. The van der Waals surface area contributed by atoms with Crippen LogP contribution in [0, 0.1) is 6.92 Å². The highest BCUT2D eigenvalue weighted by molar-refractivity contribution is 9.10. The Hall–Kier alpha value is -1.17. The molecule has 0 radical (unpaired) electrons. The van der Waals surface area contributed by atoms with Gasteiger partial charge in [-0.1, -0.05) is 22.0 Å². The van der Waals surface area contributed by atoms with E-state index in [1.54, 1.807) is 11.3 Å². The van der Waals surface area contributed by atoms with Crippen molar-refractivity contribution < 1.29 is 4.79 Å². The molecule has 2 rings (SSSR count). The van der Waals surface area contributed by atoms with Crippen molar-refractivity contribution in [3.63, 3.8) is 0 Å². The Morgan fingerprint density at radius 2 is 2.20 bits per heavy atom. The number of carbonyl (C=O) groups is 1. The number of hydrogen-bond donors (Lipinski definition) is 1. The van der Waals surface area contributed by atoms with Crippen LogP contribution in [-0.4, -0.2) is 24.4 Å². The molecule has 0 unspecified atom stereocenters. The van der Waals surface area contributed by atoms with E-state index < -0.39 is 0 Å². The first-order chi connectivity index (χ1) is 9.54. The fourth-order valence-electron chi connectivity index (χ4n) is 1.88. The lowest BCUT2D eigenvalue weighted by atomic mass is 10.3. The van der Waals surface area contributed by atoms with E-state index in [0.29, 0.717) is 6.54 Å². The van der Waals surface area contributed by atoms with Crippen molar-refractivity contribution in [1.82, 2.24) is 4.90 Å². The van der Waals surface area contributed by atoms with Gasteiger partial charge in [0.25, 0.3) is 0 Å². The molecule has 0 aliphatic heterocycles. The van der Waals surface area contributed by atoms with E-state index in [2.05, 4.69) is 39.6 Å². The lowest BCUT2D eigenvalue weighted by molar-refractivity contribution is -0.117. The van der Waals surface area contributed by atoms with Crippen LogP contribution in [0.25, 0.3) is 0 Å². The van der Waals surface area contributed by atoms with Gasteiger partial charge in [0.05, 0.1) is 6.54 Å². The van der Waals surface area contributed by atoms with Gasteiger partial charge in [0.15, 0.2) is 0 Å². The number of benzene rings is 1. The lowest BCUT2D eigenvalue weighted by Gasteiger charge is -2.16. The molecule has 2 aromatic rings. The van der Waals surface area contributed by atoms with Crippen molar-refractivity contribution in [3.05, 3.63) is 50.6 Å². The standard InChI is InChI=1S/C15H17BrN2OS/c1-11-6-7-20-14(11)9-18(2)10-15(19)17-13-5-3-4-12(16)8-13/h3-8H,9-10H2,1-2H3,(H,17,19). The van der Waals surface area contributed by atoms with Gasteiger partial charge in [-0.25, -0.2) is 0 Å². The number of aryl methyl sites for hydroxylation is 1. The maximum atomic E-state index is 12.0. The number of thiophene rings is 1. The van der Waals surface area contributed by atoms with Gasteiger partial charge in [0.1, 0.15) is 0 Å². The molecule has 0 spiro atoms. The number of likely N-dealkylation sites (N-methyl/N-ethyl adjacent to an activating group) is 1. The van der Waals surface area contributed by atoms with Crippen molar-refractivity contribution in [3.8, 4) is 0 Å². The molecule has 0 fully saturated rings. The zero-order valence-corrected chi connectivity index (χ0v) is 13.9. The summed E-state index contributed by atoms with van der Waals surface area (Å²) in [5.41, 5.74) is 2.10. The number of rotatable bonds is 5. The van der Waals surface area contributed by atoms with Crippen LogP contribution in [-0.2, 0) is 11.3 Å². The van der Waals surface area contributed by atoms with Crippen LogP contribution in [0.1, 0.15) is 10.4 Å². The molecule has 1 aromatic heterocycles. The van der Waals surface area contributed by atoms with Crippen LogP contribution in [0.15, 0.2) is 40.2 Å². The molecular formula is C15H17BrN2OS. The third-order valence-electron chi connectivity index (χ3n) is 2.90. The summed E-state index contributed by atoms with van der Waals surface area (Å²) in [6.45, 7) is 3.28. The minimum atomic E-state index is -0.000177. The zero-order valence-electron chi connectivity index (χ0n) is 11.5. The second kappa shape index (κ2) is 7.02. The topological polar surface area (TPSA) is 32.3 Å². The second-order valence-electron chi connectivity index (χ2n) is 4.76.